The number of benzene rings is 1. The number of nitrogen functional groups attached to an aromatic ring is 1. The highest BCUT2D eigenvalue weighted by Crippen LogP contribution is 2.37. The van der Waals surface area contributed by atoms with E-state index in [-0.39, 0.29) is 5.95 Å². The average Bonchev–Trinajstić information content (AvgIpc) is 3.14. The standard InChI is InChI=1S/C17H18N6O2S/c1-26(24,25)22-12-5-2-4-11(10-12)16-15(13-7-8-19-17(18)20-13)14-6-3-9-23(14)21-16/h2,4-5,7-8,10,22H,3,6,9H2,1H3,(H2,18,19,20). The van der Waals surface area contributed by atoms with E-state index in [9.17, 15) is 8.42 Å². The SMILES string of the molecule is CS(=O)(=O)Nc1cccc(-c2nn3c(c2-c2ccnc(N)n2)CCC3)c1. The van der Waals surface area contributed by atoms with Crippen LogP contribution in [0.4, 0.5) is 11.6 Å². The largest absolute Gasteiger partial charge is 0.368 e. The van der Waals surface area contributed by atoms with Crippen LogP contribution in [0.15, 0.2) is 36.5 Å². The van der Waals surface area contributed by atoms with Crippen molar-refractivity contribution in [2.24, 2.45) is 0 Å². The van der Waals surface area contributed by atoms with Crippen LogP contribution in [-0.4, -0.2) is 34.4 Å². The molecule has 3 heterocycles. The first-order valence-electron chi connectivity index (χ1n) is 8.17. The summed E-state index contributed by atoms with van der Waals surface area (Å²) in [4.78, 5) is 8.33. The van der Waals surface area contributed by atoms with E-state index in [0.29, 0.717) is 5.69 Å². The topological polar surface area (TPSA) is 116 Å². The molecule has 0 amide bonds. The van der Waals surface area contributed by atoms with Crippen molar-refractivity contribution in [1.82, 2.24) is 19.7 Å². The summed E-state index contributed by atoms with van der Waals surface area (Å²) in [5.74, 6) is 0.207. The summed E-state index contributed by atoms with van der Waals surface area (Å²) < 4.78 is 27.5. The molecule has 26 heavy (non-hydrogen) atoms. The summed E-state index contributed by atoms with van der Waals surface area (Å²) in [6.45, 7) is 0.851. The van der Waals surface area contributed by atoms with Crippen molar-refractivity contribution in [2.45, 2.75) is 19.4 Å². The predicted octanol–water partition coefficient (Wildman–Crippen LogP) is 1.91. The Morgan fingerprint density at radius 3 is 2.88 bits per heavy atom. The number of nitrogens with one attached hydrogen (secondary N) is 1. The summed E-state index contributed by atoms with van der Waals surface area (Å²) in [5.41, 5.74) is 10.6. The third-order valence-electron chi connectivity index (χ3n) is 4.21. The highest BCUT2D eigenvalue weighted by molar-refractivity contribution is 7.92. The molecular formula is C17H18N6O2S. The van der Waals surface area contributed by atoms with Gasteiger partial charge in [0.15, 0.2) is 0 Å². The zero-order chi connectivity index (χ0) is 18.3. The summed E-state index contributed by atoms with van der Waals surface area (Å²) in [7, 11) is -3.35. The van der Waals surface area contributed by atoms with Gasteiger partial charge in [-0.3, -0.25) is 9.40 Å². The summed E-state index contributed by atoms with van der Waals surface area (Å²) in [6.07, 6.45) is 4.70. The highest BCUT2D eigenvalue weighted by Gasteiger charge is 2.25. The second-order valence-corrected chi connectivity index (χ2v) is 8.00. The molecule has 0 atom stereocenters. The Bertz CT molecular complexity index is 1090. The van der Waals surface area contributed by atoms with Crippen molar-refractivity contribution in [2.75, 3.05) is 16.7 Å². The molecule has 8 nitrogen and oxygen atoms in total. The van der Waals surface area contributed by atoms with E-state index >= 15 is 0 Å². The van der Waals surface area contributed by atoms with E-state index in [1.807, 2.05) is 16.8 Å². The van der Waals surface area contributed by atoms with Gasteiger partial charge in [-0.05, 0) is 31.0 Å². The minimum absolute atomic E-state index is 0.207. The van der Waals surface area contributed by atoms with Crippen molar-refractivity contribution in [3.63, 3.8) is 0 Å². The number of hydrogen-bond donors (Lipinski definition) is 2. The number of nitrogens with two attached hydrogens (primary N) is 1. The molecule has 0 radical (unpaired) electrons. The first kappa shape index (κ1) is 16.5. The van der Waals surface area contributed by atoms with Crippen LogP contribution in [0.1, 0.15) is 12.1 Å². The van der Waals surface area contributed by atoms with Crippen molar-refractivity contribution in [3.05, 3.63) is 42.2 Å². The van der Waals surface area contributed by atoms with E-state index in [1.54, 1.807) is 24.4 Å². The third-order valence-corrected chi connectivity index (χ3v) is 4.82. The smallest absolute Gasteiger partial charge is 0.229 e. The molecule has 0 saturated heterocycles. The van der Waals surface area contributed by atoms with Crippen LogP contribution in [0, 0.1) is 0 Å². The molecule has 0 spiro atoms. The number of rotatable bonds is 4. The number of fused-ring (bicyclic) bond motifs is 1. The molecule has 0 fully saturated rings. The molecule has 1 aliphatic rings. The predicted molar refractivity (Wildman–Crippen MR) is 99.9 cm³/mol. The van der Waals surface area contributed by atoms with E-state index in [1.165, 1.54) is 0 Å². The number of nitrogens with zero attached hydrogens (tertiary/aromatic N) is 4. The van der Waals surface area contributed by atoms with Crippen molar-refractivity contribution in [3.8, 4) is 22.5 Å². The van der Waals surface area contributed by atoms with Crippen LogP contribution in [0.25, 0.3) is 22.5 Å². The van der Waals surface area contributed by atoms with Gasteiger partial charge in [-0.15, -0.1) is 0 Å². The minimum Gasteiger partial charge on any atom is -0.368 e. The highest BCUT2D eigenvalue weighted by atomic mass is 32.2. The average molecular weight is 370 g/mol. The Morgan fingerprint density at radius 1 is 1.27 bits per heavy atom. The van der Waals surface area contributed by atoms with Gasteiger partial charge in [0.2, 0.25) is 16.0 Å². The minimum atomic E-state index is -3.35. The lowest BCUT2D eigenvalue weighted by Gasteiger charge is -2.08. The summed E-state index contributed by atoms with van der Waals surface area (Å²) >= 11 is 0. The Hall–Kier alpha value is -2.94. The lowest BCUT2D eigenvalue weighted by molar-refractivity contribution is 0.607. The molecule has 2 aromatic heterocycles. The van der Waals surface area contributed by atoms with Gasteiger partial charge in [0.1, 0.15) is 5.69 Å². The van der Waals surface area contributed by atoms with Crippen LogP contribution in [0.2, 0.25) is 0 Å². The van der Waals surface area contributed by atoms with Gasteiger partial charge in [-0.25, -0.2) is 18.4 Å². The molecule has 3 N–H and O–H groups in total. The Labute approximate surface area is 151 Å². The first-order valence-corrected chi connectivity index (χ1v) is 10.1. The van der Waals surface area contributed by atoms with E-state index in [0.717, 1.165) is 53.9 Å². The first-order chi connectivity index (χ1) is 12.4. The van der Waals surface area contributed by atoms with E-state index < -0.39 is 10.0 Å². The number of sulfonamides is 1. The summed E-state index contributed by atoms with van der Waals surface area (Å²) in [6, 6.07) is 8.99. The van der Waals surface area contributed by atoms with Crippen LogP contribution in [-0.2, 0) is 23.0 Å². The van der Waals surface area contributed by atoms with Crippen molar-refractivity contribution >= 4 is 21.7 Å². The maximum absolute atomic E-state index is 11.5. The quantitative estimate of drug-likeness (QED) is 0.725. The van der Waals surface area contributed by atoms with Crippen LogP contribution in [0.5, 0.6) is 0 Å². The molecule has 134 valence electrons. The van der Waals surface area contributed by atoms with Gasteiger partial charge in [0, 0.05) is 35.2 Å². The number of aryl methyl sites for hydroxylation is 1. The number of aromatic nitrogens is 4. The Balaban J connectivity index is 1.87. The van der Waals surface area contributed by atoms with Crippen LogP contribution < -0.4 is 10.5 Å². The zero-order valence-electron chi connectivity index (χ0n) is 14.2. The second kappa shape index (κ2) is 6.10. The molecule has 0 saturated carbocycles. The molecule has 1 aliphatic heterocycles. The second-order valence-electron chi connectivity index (χ2n) is 6.25. The van der Waals surface area contributed by atoms with Crippen molar-refractivity contribution in [1.29, 1.82) is 0 Å². The molecule has 0 bridgehead atoms. The normalized spacial score (nSPS) is 13.6. The Kier molecular flexibility index (Phi) is 3.87. The molecular weight excluding hydrogens is 352 g/mol. The molecule has 1 aromatic carbocycles. The Morgan fingerprint density at radius 2 is 2.12 bits per heavy atom. The lowest BCUT2D eigenvalue weighted by atomic mass is 10.0. The van der Waals surface area contributed by atoms with Crippen LogP contribution >= 0.6 is 0 Å². The number of hydrogen-bond acceptors (Lipinski definition) is 6. The summed E-state index contributed by atoms with van der Waals surface area (Å²) in [5, 5.41) is 4.74. The van der Waals surface area contributed by atoms with E-state index in [4.69, 9.17) is 10.8 Å². The fourth-order valence-electron chi connectivity index (χ4n) is 3.26. The van der Waals surface area contributed by atoms with Gasteiger partial charge >= 0.3 is 0 Å². The maximum Gasteiger partial charge on any atom is 0.229 e. The fraction of sp³-hybridized carbons (Fsp3) is 0.235. The fourth-order valence-corrected chi connectivity index (χ4v) is 3.82. The number of anilines is 2. The van der Waals surface area contributed by atoms with Crippen LogP contribution in [0.3, 0.4) is 0 Å². The van der Waals surface area contributed by atoms with Gasteiger partial charge < -0.3 is 5.73 Å². The lowest BCUT2D eigenvalue weighted by Crippen LogP contribution is -2.09. The third kappa shape index (κ3) is 3.13. The molecule has 3 aromatic rings. The van der Waals surface area contributed by atoms with Gasteiger partial charge in [-0.2, -0.15) is 5.10 Å². The maximum atomic E-state index is 11.5. The van der Waals surface area contributed by atoms with Gasteiger partial charge in [-0.1, -0.05) is 12.1 Å². The monoisotopic (exact) mass is 370 g/mol. The zero-order valence-corrected chi connectivity index (χ0v) is 15.0. The van der Waals surface area contributed by atoms with Gasteiger partial charge in [0.25, 0.3) is 0 Å². The molecule has 0 unspecified atom stereocenters. The molecule has 0 aliphatic carbocycles. The van der Waals surface area contributed by atoms with E-state index in [2.05, 4.69) is 14.7 Å². The molecule has 9 heteroatoms. The molecule has 4 rings (SSSR count). The van der Waals surface area contributed by atoms with Gasteiger partial charge in [0.05, 0.1) is 11.9 Å². The van der Waals surface area contributed by atoms with Crippen molar-refractivity contribution < 1.29 is 8.42 Å².